The minimum Gasteiger partial charge on any atom is -0.481 e. The van der Waals surface area contributed by atoms with Crippen LogP contribution >= 0.6 is 0 Å². The topological polar surface area (TPSA) is 74.6 Å². The van der Waals surface area contributed by atoms with E-state index in [4.69, 9.17) is 10.2 Å². The zero-order chi connectivity index (χ0) is 11.8. The summed E-state index contributed by atoms with van der Waals surface area (Å²) in [6, 6.07) is 0. The van der Waals surface area contributed by atoms with Crippen LogP contribution in [0.2, 0.25) is 0 Å². The summed E-state index contributed by atoms with van der Waals surface area (Å²) in [6.07, 6.45) is 4.84. The van der Waals surface area contributed by atoms with E-state index < -0.39 is 17.9 Å². The highest BCUT2D eigenvalue weighted by atomic mass is 16.4. The summed E-state index contributed by atoms with van der Waals surface area (Å²) in [5, 5.41) is 17.5. The van der Waals surface area contributed by atoms with Gasteiger partial charge in [-0.2, -0.15) is 0 Å². The third kappa shape index (κ3) is 5.20. The van der Waals surface area contributed by atoms with E-state index >= 15 is 0 Å². The molecule has 2 atom stereocenters. The van der Waals surface area contributed by atoms with Gasteiger partial charge in [-0.05, 0) is 18.8 Å². The highest BCUT2D eigenvalue weighted by Gasteiger charge is 2.27. The SMILES string of the molecule is CCC=CC(CC)C(CC(=O)O)C(=O)O. The highest BCUT2D eigenvalue weighted by molar-refractivity contribution is 5.78. The Hall–Kier alpha value is -1.32. The van der Waals surface area contributed by atoms with Crippen LogP contribution in [0.15, 0.2) is 12.2 Å². The zero-order valence-corrected chi connectivity index (χ0v) is 9.14. The van der Waals surface area contributed by atoms with Crippen molar-refractivity contribution in [3.8, 4) is 0 Å². The molecule has 4 nitrogen and oxygen atoms in total. The molecule has 0 aliphatic rings. The van der Waals surface area contributed by atoms with Crippen LogP contribution in [0.3, 0.4) is 0 Å². The third-order valence-electron chi connectivity index (χ3n) is 2.32. The van der Waals surface area contributed by atoms with Crippen LogP contribution in [0.5, 0.6) is 0 Å². The van der Waals surface area contributed by atoms with Crippen LogP contribution in [0.1, 0.15) is 33.1 Å². The number of carbonyl (C=O) groups is 2. The fourth-order valence-electron chi connectivity index (χ4n) is 1.48. The standard InChI is InChI=1S/C11H18O4/c1-3-5-6-8(4-2)9(11(14)15)7-10(12)13/h5-6,8-9H,3-4,7H2,1-2H3,(H,12,13)(H,14,15). The Bertz CT molecular complexity index is 245. The largest absolute Gasteiger partial charge is 0.481 e. The van der Waals surface area contributed by atoms with Crippen LogP contribution in [0.25, 0.3) is 0 Å². The maximum absolute atomic E-state index is 10.9. The Morgan fingerprint density at radius 3 is 2.20 bits per heavy atom. The molecule has 0 aliphatic carbocycles. The Morgan fingerprint density at radius 1 is 1.27 bits per heavy atom. The molecule has 0 aromatic rings. The van der Waals surface area contributed by atoms with Crippen LogP contribution < -0.4 is 0 Å². The van der Waals surface area contributed by atoms with Crippen molar-refractivity contribution in [2.75, 3.05) is 0 Å². The number of carboxylic acids is 2. The predicted octanol–water partition coefficient (Wildman–Crippen LogP) is 2.15. The second-order valence-corrected chi connectivity index (χ2v) is 3.45. The molecule has 0 bridgehead atoms. The summed E-state index contributed by atoms with van der Waals surface area (Å²) in [6.45, 7) is 3.82. The molecular weight excluding hydrogens is 196 g/mol. The number of aliphatic carboxylic acids is 2. The molecule has 0 fully saturated rings. The number of carboxylic acid groups (broad SMARTS) is 2. The van der Waals surface area contributed by atoms with Crippen molar-refractivity contribution in [3.63, 3.8) is 0 Å². The minimum absolute atomic E-state index is 0.196. The van der Waals surface area contributed by atoms with Gasteiger partial charge in [0.15, 0.2) is 0 Å². The molecule has 0 heterocycles. The molecule has 4 heteroatoms. The molecule has 86 valence electrons. The van der Waals surface area contributed by atoms with E-state index in [1.807, 2.05) is 26.0 Å². The van der Waals surface area contributed by atoms with E-state index in [0.717, 1.165) is 6.42 Å². The van der Waals surface area contributed by atoms with Gasteiger partial charge in [0, 0.05) is 0 Å². The van der Waals surface area contributed by atoms with Crippen molar-refractivity contribution in [2.45, 2.75) is 33.1 Å². The monoisotopic (exact) mass is 214 g/mol. The van der Waals surface area contributed by atoms with Crippen molar-refractivity contribution in [1.82, 2.24) is 0 Å². The summed E-state index contributed by atoms with van der Waals surface area (Å²) >= 11 is 0. The first-order valence-electron chi connectivity index (χ1n) is 5.14. The summed E-state index contributed by atoms with van der Waals surface area (Å²) in [4.78, 5) is 21.4. The molecule has 0 spiro atoms. The number of rotatable bonds is 7. The second kappa shape index (κ2) is 7.04. The Balaban J connectivity index is 4.61. The Kier molecular flexibility index (Phi) is 6.42. The third-order valence-corrected chi connectivity index (χ3v) is 2.32. The fourth-order valence-corrected chi connectivity index (χ4v) is 1.48. The van der Waals surface area contributed by atoms with Gasteiger partial charge in [-0.3, -0.25) is 9.59 Å². The van der Waals surface area contributed by atoms with Crippen molar-refractivity contribution in [1.29, 1.82) is 0 Å². The first kappa shape index (κ1) is 13.7. The maximum atomic E-state index is 10.9. The molecule has 0 amide bonds. The molecular formula is C11H18O4. The van der Waals surface area contributed by atoms with Crippen LogP contribution in [0, 0.1) is 11.8 Å². The van der Waals surface area contributed by atoms with Gasteiger partial charge in [0.2, 0.25) is 0 Å². The van der Waals surface area contributed by atoms with Crippen molar-refractivity contribution in [2.24, 2.45) is 11.8 Å². The summed E-state index contributed by atoms with van der Waals surface area (Å²) in [7, 11) is 0. The van der Waals surface area contributed by atoms with Crippen molar-refractivity contribution < 1.29 is 19.8 Å². The first-order valence-corrected chi connectivity index (χ1v) is 5.14. The van der Waals surface area contributed by atoms with Crippen molar-refractivity contribution >= 4 is 11.9 Å². The molecule has 2 N–H and O–H groups in total. The Labute approximate surface area is 89.6 Å². The molecule has 0 rings (SSSR count). The quantitative estimate of drug-likeness (QED) is 0.637. The van der Waals surface area contributed by atoms with E-state index in [1.165, 1.54) is 0 Å². The molecule has 0 saturated carbocycles. The first-order chi connectivity index (χ1) is 7.02. The minimum atomic E-state index is -1.06. The van der Waals surface area contributed by atoms with Gasteiger partial charge in [-0.15, -0.1) is 0 Å². The van der Waals surface area contributed by atoms with Crippen LogP contribution in [-0.4, -0.2) is 22.2 Å². The summed E-state index contributed by atoms with van der Waals surface area (Å²) in [5.74, 6) is -3.12. The molecule has 0 aliphatic heterocycles. The molecule has 0 radical (unpaired) electrons. The van der Waals surface area contributed by atoms with Gasteiger partial charge >= 0.3 is 11.9 Å². The second-order valence-electron chi connectivity index (χ2n) is 3.45. The van der Waals surface area contributed by atoms with E-state index in [-0.39, 0.29) is 12.3 Å². The predicted molar refractivity (Wildman–Crippen MR) is 56.6 cm³/mol. The summed E-state index contributed by atoms with van der Waals surface area (Å²) in [5.41, 5.74) is 0. The lowest BCUT2D eigenvalue weighted by Gasteiger charge is -2.17. The lowest BCUT2D eigenvalue weighted by Crippen LogP contribution is -2.24. The van der Waals surface area contributed by atoms with Gasteiger partial charge in [-0.1, -0.05) is 26.0 Å². The van der Waals surface area contributed by atoms with E-state index in [2.05, 4.69) is 0 Å². The number of hydrogen-bond donors (Lipinski definition) is 2. The normalized spacial score (nSPS) is 15.1. The van der Waals surface area contributed by atoms with Gasteiger partial charge in [0.1, 0.15) is 0 Å². The van der Waals surface area contributed by atoms with Gasteiger partial charge in [0.05, 0.1) is 12.3 Å². The number of allylic oxidation sites excluding steroid dienone is 2. The highest BCUT2D eigenvalue weighted by Crippen LogP contribution is 2.21. The van der Waals surface area contributed by atoms with Crippen molar-refractivity contribution in [3.05, 3.63) is 12.2 Å². The van der Waals surface area contributed by atoms with Crippen LogP contribution in [-0.2, 0) is 9.59 Å². The lowest BCUT2D eigenvalue weighted by molar-refractivity contribution is -0.149. The van der Waals surface area contributed by atoms with Gasteiger partial charge in [-0.25, -0.2) is 0 Å². The smallest absolute Gasteiger partial charge is 0.307 e. The molecule has 2 unspecified atom stereocenters. The summed E-state index contributed by atoms with van der Waals surface area (Å²) < 4.78 is 0. The van der Waals surface area contributed by atoms with Crippen LogP contribution in [0.4, 0.5) is 0 Å². The van der Waals surface area contributed by atoms with E-state index in [1.54, 1.807) is 0 Å². The number of hydrogen-bond acceptors (Lipinski definition) is 2. The Morgan fingerprint density at radius 2 is 1.87 bits per heavy atom. The molecule has 0 aromatic heterocycles. The zero-order valence-electron chi connectivity index (χ0n) is 9.14. The van der Waals surface area contributed by atoms with Gasteiger partial charge in [0.25, 0.3) is 0 Å². The average molecular weight is 214 g/mol. The molecule has 0 saturated heterocycles. The lowest BCUT2D eigenvalue weighted by atomic mass is 9.87. The van der Waals surface area contributed by atoms with E-state index in [0.29, 0.717) is 6.42 Å². The van der Waals surface area contributed by atoms with E-state index in [9.17, 15) is 9.59 Å². The molecule has 15 heavy (non-hydrogen) atoms. The fraction of sp³-hybridized carbons (Fsp3) is 0.636. The molecule has 0 aromatic carbocycles. The maximum Gasteiger partial charge on any atom is 0.307 e. The van der Waals surface area contributed by atoms with Gasteiger partial charge < -0.3 is 10.2 Å². The average Bonchev–Trinajstić information content (AvgIpc) is 2.16.